The zero-order valence-electron chi connectivity index (χ0n) is 14.1. The van der Waals surface area contributed by atoms with E-state index in [1.54, 1.807) is 0 Å². The Kier molecular flexibility index (Phi) is 4.99. The van der Waals surface area contributed by atoms with Gasteiger partial charge < -0.3 is 19.7 Å². The highest BCUT2D eigenvalue weighted by Crippen LogP contribution is 2.30. The number of hydrogen-bond acceptors (Lipinski definition) is 4. The van der Waals surface area contributed by atoms with Gasteiger partial charge in [0.1, 0.15) is 0 Å². The van der Waals surface area contributed by atoms with Crippen LogP contribution in [-0.2, 0) is 9.47 Å². The number of rotatable bonds is 4. The van der Waals surface area contributed by atoms with Gasteiger partial charge in [-0.25, -0.2) is 0 Å². The maximum atomic E-state index is 12.4. The molecule has 0 unspecified atom stereocenters. The molecule has 1 amide bonds. The van der Waals surface area contributed by atoms with Crippen LogP contribution in [0.2, 0.25) is 0 Å². The minimum Gasteiger partial charge on any atom is -0.351 e. The van der Waals surface area contributed by atoms with Crippen LogP contribution in [-0.4, -0.2) is 56.0 Å². The van der Waals surface area contributed by atoms with Gasteiger partial charge >= 0.3 is 0 Å². The monoisotopic (exact) mass is 318 g/mol. The van der Waals surface area contributed by atoms with Crippen LogP contribution in [0.5, 0.6) is 0 Å². The number of aryl methyl sites for hydroxylation is 2. The van der Waals surface area contributed by atoms with Crippen molar-refractivity contribution in [3.63, 3.8) is 0 Å². The van der Waals surface area contributed by atoms with E-state index in [2.05, 4.69) is 10.2 Å². The van der Waals surface area contributed by atoms with Crippen LogP contribution in [0, 0.1) is 13.8 Å². The van der Waals surface area contributed by atoms with Gasteiger partial charge in [-0.2, -0.15) is 0 Å². The van der Waals surface area contributed by atoms with Gasteiger partial charge in [-0.1, -0.05) is 18.2 Å². The lowest BCUT2D eigenvalue weighted by Crippen LogP contribution is -2.47. The molecule has 2 aliphatic heterocycles. The normalized spacial score (nSPS) is 20.8. The van der Waals surface area contributed by atoms with Crippen molar-refractivity contribution in [1.29, 1.82) is 0 Å². The number of amides is 1. The first kappa shape index (κ1) is 16.4. The summed E-state index contributed by atoms with van der Waals surface area (Å²) in [4.78, 5) is 14.7. The number of benzene rings is 1. The van der Waals surface area contributed by atoms with Gasteiger partial charge in [0.2, 0.25) is 0 Å². The largest absolute Gasteiger partial charge is 0.351 e. The van der Waals surface area contributed by atoms with Crippen molar-refractivity contribution in [2.45, 2.75) is 32.5 Å². The summed E-state index contributed by atoms with van der Waals surface area (Å²) in [5.74, 6) is -0.297. The van der Waals surface area contributed by atoms with Crippen LogP contribution < -0.4 is 5.32 Å². The molecule has 0 bridgehead atoms. The van der Waals surface area contributed by atoms with Crippen LogP contribution >= 0.6 is 0 Å². The number of nitrogens with one attached hydrogen (secondary N) is 1. The second kappa shape index (κ2) is 6.99. The Hall–Kier alpha value is -1.43. The first-order chi connectivity index (χ1) is 11.1. The second-order valence-electron chi connectivity index (χ2n) is 6.47. The first-order valence-corrected chi connectivity index (χ1v) is 8.44. The average molecular weight is 318 g/mol. The molecule has 5 heteroatoms. The SMILES string of the molecule is Cc1cccc(C)c1C(=O)NCCN1CCC2(CC1)OCCO2. The van der Waals surface area contributed by atoms with E-state index in [0.717, 1.165) is 49.2 Å². The number of hydrogen-bond donors (Lipinski definition) is 1. The van der Waals surface area contributed by atoms with Gasteiger partial charge in [0, 0.05) is 44.6 Å². The molecule has 3 rings (SSSR count). The van der Waals surface area contributed by atoms with Crippen molar-refractivity contribution in [2.24, 2.45) is 0 Å². The van der Waals surface area contributed by atoms with Crippen LogP contribution in [0.3, 0.4) is 0 Å². The lowest BCUT2D eigenvalue weighted by Gasteiger charge is -2.37. The van der Waals surface area contributed by atoms with Gasteiger partial charge in [0.05, 0.1) is 13.2 Å². The molecule has 0 atom stereocenters. The third-order valence-corrected chi connectivity index (χ3v) is 4.85. The second-order valence-corrected chi connectivity index (χ2v) is 6.47. The van der Waals surface area contributed by atoms with E-state index in [1.807, 2.05) is 32.0 Å². The smallest absolute Gasteiger partial charge is 0.251 e. The lowest BCUT2D eigenvalue weighted by atomic mass is 10.0. The van der Waals surface area contributed by atoms with Gasteiger partial charge in [0.15, 0.2) is 5.79 Å². The van der Waals surface area contributed by atoms with Crippen molar-refractivity contribution in [2.75, 3.05) is 39.4 Å². The molecule has 1 aromatic rings. The van der Waals surface area contributed by atoms with Gasteiger partial charge in [-0.15, -0.1) is 0 Å². The number of carbonyl (C=O) groups excluding carboxylic acids is 1. The lowest BCUT2D eigenvalue weighted by molar-refractivity contribution is -0.185. The molecule has 2 heterocycles. The summed E-state index contributed by atoms with van der Waals surface area (Å²) in [6, 6.07) is 5.94. The highest BCUT2D eigenvalue weighted by Gasteiger charge is 2.39. The molecule has 1 aromatic carbocycles. The Morgan fingerprint density at radius 1 is 1.17 bits per heavy atom. The zero-order chi connectivity index (χ0) is 16.3. The Bertz CT molecular complexity index is 537. The maximum Gasteiger partial charge on any atom is 0.251 e. The van der Waals surface area contributed by atoms with E-state index >= 15 is 0 Å². The summed E-state index contributed by atoms with van der Waals surface area (Å²) in [6.07, 6.45) is 1.83. The topological polar surface area (TPSA) is 50.8 Å². The molecule has 2 aliphatic rings. The average Bonchev–Trinajstić information content (AvgIpc) is 2.98. The molecule has 2 saturated heterocycles. The highest BCUT2D eigenvalue weighted by atomic mass is 16.7. The van der Waals surface area contributed by atoms with E-state index < -0.39 is 0 Å². The summed E-state index contributed by atoms with van der Waals surface area (Å²) in [5, 5.41) is 3.05. The summed E-state index contributed by atoms with van der Waals surface area (Å²) < 4.78 is 11.5. The van der Waals surface area contributed by atoms with Gasteiger partial charge in [0.25, 0.3) is 5.91 Å². The van der Waals surface area contributed by atoms with E-state index in [0.29, 0.717) is 19.8 Å². The first-order valence-electron chi connectivity index (χ1n) is 8.44. The molecule has 1 N–H and O–H groups in total. The Morgan fingerprint density at radius 3 is 2.39 bits per heavy atom. The predicted octanol–water partition coefficient (Wildman–Crippen LogP) is 1.87. The number of nitrogens with zero attached hydrogens (tertiary/aromatic N) is 1. The quantitative estimate of drug-likeness (QED) is 0.921. The summed E-state index contributed by atoms with van der Waals surface area (Å²) >= 11 is 0. The minimum atomic E-state index is -0.321. The molecule has 23 heavy (non-hydrogen) atoms. The third kappa shape index (κ3) is 3.74. The third-order valence-electron chi connectivity index (χ3n) is 4.85. The van der Waals surface area contributed by atoms with Crippen molar-refractivity contribution in [3.05, 3.63) is 34.9 Å². The molecular weight excluding hydrogens is 292 g/mol. The predicted molar refractivity (Wildman–Crippen MR) is 88.6 cm³/mol. The molecule has 126 valence electrons. The van der Waals surface area contributed by atoms with Crippen LogP contribution in [0.1, 0.15) is 34.3 Å². The van der Waals surface area contributed by atoms with Crippen molar-refractivity contribution >= 4 is 5.91 Å². The number of likely N-dealkylation sites (tertiary alicyclic amines) is 1. The van der Waals surface area contributed by atoms with Crippen LogP contribution in [0.4, 0.5) is 0 Å². The van der Waals surface area contributed by atoms with E-state index in [9.17, 15) is 4.79 Å². The highest BCUT2D eigenvalue weighted by molar-refractivity contribution is 5.97. The molecule has 0 aromatic heterocycles. The fraction of sp³-hybridized carbons (Fsp3) is 0.611. The van der Waals surface area contributed by atoms with E-state index in [-0.39, 0.29) is 11.7 Å². The van der Waals surface area contributed by atoms with E-state index in [1.165, 1.54) is 0 Å². The Morgan fingerprint density at radius 2 is 1.78 bits per heavy atom. The number of piperidine rings is 1. The van der Waals surface area contributed by atoms with Crippen LogP contribution in [0.15, 0.2) is 18.2 Å². The fourth-order valence-electron chi connectivity index (χ4n) is 3.49. The Balaban J connectivity index is 1.44. The zero-order valence-corrected chi connectivity index (χ0v) is 14.1. The van der Waals surface area contributed by atoms with E-state index in [4.69, 9.17) is 9.47 Å². The molecule has 5 nitrogen and oxygen atoms in total. The van der Waals surface area contributed by atoms with Crippen molar-refractivity contribution in [3.8, 4) is 0 Å². The van der Waals surface area contributed by atoms with Crippen molar-refractivity contribution in [1.82, 2.24) is 10.2 Å². The summed E-state index contributed by atoms with van der Waals surface area (Å²) in [7, 11) is 0. The molecular formula is C18H26N2O3. The molecule has 0 saturated carbocycles. The van der Waals surface area contributed by atoms with Crippen LogP contribution in [0.25, 0.3) is 0 Å². The number of ether oxygens (including phenoxy) is 2. The maximum absolute atomic E-state index is 12.4. The molecule has 0 radical (unpaired) electrons. The fourth-order valence-corrected chi connectivity index (χ4v) is 3.49. The van der Waals surface area contributed by atoms with Gasteiger partial charge in [-0.05, 0) is 25.0 Å². The Labute approximate surface area is 137 Å². The summed E-state index contributed by atoms with van der Waals surface area (Å²) in [5.41, 5.74) is 2.86. The minimum absolute atomic E-state index is 0.0246. The molecule has 2 fully saturated rings. The standard InChI is InChI=1S/C18H26N2O3/c1-14-4-3-5-15(2)16(14)17(21)19-8-11-20-9-6-18(7-10-20)22-12-13-23-18/h3-5H,6-13H2,1-2H3,(H,19,21). The van der Waals surface area contributed by atoms with Crippen molar-refractivity contribution < 1.29 is 14.3 Å². The number of carbonyl (C=O) groups is 1. The summed E-state index contributed by atoms with van der Waals surface area (Å²) in [6.45, 7) is 8.84. The molecule has 1 spiro atoms. The van der Waals surface area contributed by atoms with Gasteiger partial charge in [-0.3, -0.25) is 4.79 Å². The molecule has 0 aliphatic carbocycles.